The lowest BCUT2D eigenvalue weighted by atomic mass is 10.2. The van der Waals surface area contributed by atoms with E-state index in [9.17, 15) is 8.42 Å². The molecule has 0 unspecified atom stereocenters. The maximum Gasteiger partial charge on any atom is 0.240 e. The van der Waals surface area contributed by atoms with Gasteiger partial charge in [-0.15, -0.1) is 0 Å². The average molecular weight is 322 g/mol. The Labute approximate surface area is 132 Å². The van der Waals surface area contributed by atoms with Crippen molar-refractivity contribution in [1.82, 2.24) is 9.29 Å². The fraction of sp³-hybridized carbons (Fsp3) is 0.375. The normalized spacial score (nSPS) is 11.7. The van der Waals surface area contributed by atoms with E-state index in [1.165, 1.54) is 0 Å². The van der Waals surface area contributed by atoms with Crippen LogP contribution in [0.4, 0.5) is 0 Å². The van der Waals surface area contributed by atoms with E-state index in [4.69, 9.17) is 4.74 Å². The zero-order chi connectivity index (χ0) is 16.5. The maximum atomic E-state index is 12.4. The van der Waals surface area contributed by atoms with Crippen LogP contribution in [0.2, 0.25) is 0 Å². The molecule has 2 aromatic rings. The first-order valence-electron chi connectivity index (χ1n) is 7.02. The summed E-state index contributed by atoms with van der Waals surface area (Å²) >= 11 is 0. The van der Waals surface area contributed by atoms with Crippen molar-refractivity contribution in [1.29, 1.82) is 0 Å². The van der Waals surface area contributed by atoms with E-state index in [-0.39, 0.29) is 11.4 Å². The molecule has 1 aromatic heterocycles. The second kappa shape index (κ2) is 6.14. The highest BCUT2D eigenvalue weighted by Crippen LogP contribution is 2.21. The van der Waals surface area contributed by atoms with Gasteiger partial charge in [0.15, 0.2) is 0 Å². The molecular formula is C16H22N2O3S. The number of aryl methyl sites for hydroxylation is 2. The third-order valence-corrected chi connectivity index (χ3v) is 5.41. The number of nitrogens with zero attached hydrogens (tertiary/aromatic N) is 1. The molecule has 0 atom stereocenters. The number of hydrogen-bond acceptors (Lipinski definition) is 3. The van der Waals surface area contributed by atoms with E-state index in [1.807, 2.05) is 38.5 Å². The van der Waals surface area contributed by atoms with E-state index in [2.05, 4.69) is 4.72 Å². The Morgan fingerprint density at radius 2 is 1.86 bits per heavy atom. The molecule has 0 radical (unpaired) electrons. The van der Waals surface area contributed by atoms with Crippen LogP contribution < -0.4 is 9.46 Å². The van der Waals surface area contributed by atoms with Gasteiger partial charge >= 0.3 is 0 Å². The first-order chi connectivity index (χ1) is 10.3. The molecular weight excluding hydrogens is 300 g/mol. The number of sulfonamides is 1. The fourth-order valence-electron chi connectivity index (χ4n) is 2.39. The van der Waals surface area contributed by atoms with Crippen molar-refractivity contribution in [3.63, 3.8) is 0 Å². The van der Waals surface area contributed by atoms with Crippen LogP contribution in [-0.4, -0.2) is 20.1 Å². The van der Waals surface area contributed by atoms with E-state index < -0.39 is 10.0 Å². The Kier molecular flexibility index (Phi) is 4.63. The predicted molar refractivity (Wildman–Crippen MR) is 86.6 cm³/mol. The van der Waals surface area contributed by atoms with Crippen LogP contribution in [0.15, 0.2) is 29.2 Å². The molecule has 0 aliphatic carbocycles. The van der Waals surface area contributed by atoms with Crippen LogP contribution in [0.5, 0.6) is 5.75 Å². The fourth-order valence-corrected chi connectivity index (χ4v) is 3.48. The first-order valence-corrected chi connectivity index (χ1v) is 8.50. The third kappa shape index (κ3) is 3.18. The highest BCUT2D eigenvalue weighted by Gasteiger charge is 2.16. The third-order valence-electron chi connectivity index (χ3n) is 4.01. The van der Waals surface area contributed by atoms with Crippen LogP contribution in [0, 0.1) is 20.8 Å². The molecule has 120 valence electrons. The Bertz CT molecular complexity index is 792. The smallest absolute Gasteiger partial charge is 0.240 e. The summed E-state index contributed by atoms with van der Waals surface area (Å²) in [7, 11) is -0.00861. The largest absolute Gasteiger partial charge is 0.496 e. The van der Waals surface area contributed by atoms with Gasteiger partial charge in [0.1, 0.15) is 5.75 Å². The molecule has 0 fully saturated rings. The second-order valence-electron chi connectivity index (χ2n) is 5.41. The van der Waals surface area contributed by atoms with Crippen molar-refractivity contribution in [3.05, 3.63) is 46.8 Å². The molecule has 0 aliphatic rings. The van der Waals surface area contributed by atoms with Gasteiger partial charge in [-0.25, -0.2) is 13.1 Å². The lowest BCUT2D eigenvalue weighted by molar-refractivity contribution is 0.411. The molecule has 1 N–H and O–H groups in total. The van der Waals surface area contributed by atoms with Gasteiger partial charge in [-0.3, -0.25) is 0 Å². The minimum Gasteiger partial charge on any atom is -0.496 e. The Morgan fingerprint density at radius 1 is 1.18 bits per heavy atom. The van der Waals surface area contributed by atoms with Crippen molar-refractivity contribution in [3.8, 4) is 5.75 Å². The second-order valence-corrected chi connectivity index (χ2v) is 7.18. The molecule has 0 aliphatic heterocycles. The van der Waals surface area contributed by atoms with Crippen molar-refractivity contribution in [2.75, 3.05) is 7.11 Å². The topological polar surface area (TPSA) is 60.3 Å². The maximum absolute atomic E-state index is 12.4. The molecule has 0 saturated heterocycles. The molecule has 1 heterocycles. The van der Waals surface area contributed by atoms with Crippen molar-refractivity contribution >= 4 is 10.0 Å². The van der Waals surface area contributed by atoms with Crippen molar-refractivity contribution < 1.29 is 13.2 Å². The van der Waals surface area contributed by atoms with Gasteiger partial charge in [0.25, 0.3) is 0 Å². The van der Waals surface area contributed by atoms with Gasteiger partial charge in [-0.1, -0.05) is 0 Å². The number of aromatic nitrogens is 1. The summed E-state index contributed by atoms with van der Waals surface area (Å²) in [5, 5.41) is 0. The Morgan fingerprint density at radius 3 is 2.36 bits per heavy atom. The molecule has 0 saturated carbocycles. The lowest BCUT2D eigenvalue weighted by Crippen LogP contribution is -2.23. The number of ether oxygens (including phenoxy) is 1. The monoisotopic (exact) mass is 322 g/mol. The Balaban J connectivity index is 2.21. The van der Waals surface area contributed by atoms with E-state index in [0.717, 1.165) is 22.5 Å². The predicted octanol–water partition coefficient (Wildman–Crippen LogP) is 2.44. The van der Waals surface area contributed by atoms with Crippen LogP contribution in [0.1, 0.15) is 22.5 Å². The SMILES string of the molecule is COc1ccc(S(=O)(=O)NCc2cc(C)n(C)c2C)cc1C. The van der Waals surface area contributed by atoms with Crippen LogP contribution in [0.25, 0.3) is 0 Å². The zero-order valence-electron chi connectivity index (χ0n) is 13.6. The van der Waals surface area contributed by atoms with Crippen LogP contribution in [0.3, 0.4) is 0 Å². The van der Waals surface area contributed by atoms with Crippen LogP contribution in [-0.2, 0) is 23.6 Å². The molecule has 5 nitrogen and oxygen atoms in total. The van der Waals surface area contributed by atoms with Gasteiger partial charge in [0.05, 0.1) is 12.0 Å². The molecule has 2 rings (SSSR count). The van der Waals surface area contributed by atoms with E-state index in [1.54, 1.807) is 25.3 Å². The lowest BCUT2D eigenvalue weighted by Gasteiger charge is -2.10. The highest BCUT2D eigenvalue weighted by atomic mass is 32.2. The molecule has 0 amide bonds. The summed E-state index contributed by atoms with van der Waals surface area (Å²) < 4.78 is 34.7. The standard InChI is InChI=1S/C16H22N2O3S/c1-11-8-15(6-7-16(11)21-5)22(19,20)17-10-14-9-12(2)18(4)13(14)3/h6-9,17H,10H2,1-5H3. The first kappa shape index (κ1) is 16.6. The number of benzene rings is 1. The molecule has 0 spiro atoms. The minimum absolute atomic E-state index is 0.246. The zero-order valence-corrected chi connectivity index (χ0v) is 14.4. The number of rotatable bonds is 5. The average Bonchev–Trinajstić information content (AvgIpc) is 2.72. The van der Waals surface area contributed by atoms with Gasteiger partial charge in [0.2, 0.25) is 10.0 Å². The Hall–Kier alpha value is -1.79. The number of methoxy groups -OCH3 is 1. The van der Waals surface area contributed by atoms with Crippen molar-refractivity contribution in [2.45, 2.75) is 32.2 Å². The quantitative estimate of drug-likeness (QED) is 0.920. The van der Waals surface area contributed by atoms with Gasteiger partial charge in [0, 0.05) is 25.0 Å². The summed E-state index contributed by atoms with van der Waals surface area (Å²) in [5.74, 6) is 0.675. The molecule has 0 bridgehead atoms. The van der Waals surface area contributed by atoms with E-state index >= 15 is 0 Å². The van der Waals surface area contributed by atoms with Crippen LogP contribution >= 0.6 is 0 Å². The van der Waals surface area contributed by atoms with E-state index in [0.29, 0.717) is 5.75 Å². The van der Waals surface area contributed by atoms with Gasteiger partial charge in [-0.05, 0) is 56.2 Å². The minimum atomic E-state index is -3.54. The molecule has 6 heteroatoms. The molecule has 22 heavy (non-hydrogen) atoms. The number of nitrogens with one attached hydrogen (secondary N) is 1. The number of hydrogen-bond donors (Lipinski definition) is 1. The highest BCUT2D eigenvalue weighted by molar-refractivity contribution is 7.89. The van der Waals surface area contributed by atoms with Gasteiger partial charge in [-0.2, -0.15) is 0 Å². The summed E-state index contributed by atoms with van der Waals surface area (Å²) in [5.41, 5.74) is 3.93. The summed E-state index contributed by atoms with van der Waals surface area (Å²) in [6, 6.07) is 6.83. The molecule has 1 aromatic carbocycles. The van der Waals surface area contributed by atoms with Crippen molar-refractivity contribution in [2.24, 2.45) is 7.05 Å². The summed E-state index contributed by atoms with van der Waals surface area (Å²) in [6.07, 6.45) is 0. The van der Waals surface area contributed by atoms with Gasteiger partial charge < -0.3 is 9.30 Å². The summed E-state index contributed by atoms with van der Waals surface area (Å²) in [4.78, 5) is 0.246. The summed E-state index contributed by atoms with van der Waals surface area (Å²) in [6.45, 7) is 6.08.